The minimum Gasteiger partial charge on any atom is -0.394 e. The molecular weight excluding hydrogens is 370 g/mol. The third-order valence-electron chi connectivity index (χ3n) is 3.70. The van der Waals surface area contributed by atoms with Crippen molar-refractivity contribution in [3.05, 3.63) is 74.1 Å². The molecule has 0 aliphatic heterocycles. The minimum atomic E-state index is -1.26. The highest BCUT2D eigenvalue weighted by Gasteiger charge is 2.14. The van der Waals surface area contributed by atoms with Gasteiger partial charge in [0, 0.05) is 34.1 Å². The first kappa shape index (κ1) is 20.5. The Balaban J connectivity index is 1.95. The smallest absolute Gasteiger partial charge is 0.325 e. The van der Waals surface area contributed by atoms with E-state index in [4.69, 9.17) is 0 Å². The van der Waals surface area contributed by atoms with E-state index in [1.807, 2.05) is 30.3 Å². The maximum atomic E-state index is 12.2. The molecular formula is C18H21N3O5S. The van der Waals surface area contributed by atoms with Gasteiger partial charge in [-0.3, -0.25) is 18.8 Å². The summed E-state index contributed by atoms with van der Waals surface area (Å²) in [7, 11) is -1.26. The maximum Gasteiger partial charge on any atom is 0.325 e. The predicted octanol–water partition coefficient (Wildman–Crippen LogP) is -0.189. The van der Waals surface area contributed by atoms with Crippen molar-refractivity contribution < 1.29 is 14.1 Å². The molecule has 9 heteroatoms. The Labute approximate surface area is 157 Å². The van der Waals surface area contributed by atoms with E-state index in [0.29, 0.717) is 11.4 Å². The van der Waals surface area contributed by atoms with Crippen LogP contribution in [0.4, 0.5) is 0 Å². The summed E-state index contributed by atoms with van der Waals surface area (Å²) in [5.41, 5.74) is 0.156. The van der Waals surface area contributed by atoms with Gasteiger partial charge < -0.3 is 15.4 Å². The minimum absolute atomic E-state index is 0.100. The van der Waals surface area contributed by atoms with Crippen LogP contribution >= 0.6 is 0 Å². The Hall–Kier alpha value is -2.78. The number of aliphatic hydroxyl groups excluding tert-OH is 1. The van der Waals surface area contributed by atoms with E-state index < -0.39 is 34.0 Å². The Kier molecular flexibility index (Phi) is 7.44. The highest BCUT2D eigenvalue weighted by molar-refractivity contribution is 7.84. The van der Waals surface area contributed by atoms with Crippen molar-refractivity contribution in [2.75, 3.05) is 12.4 Å². The van der Waals surface area contributed by atoms with Gasteiger partial charge in [-0.05, 0) is 18.6 Å². The molecule has 2 atom stereocenters. The first-order valence-corrected chi connectivity index (χ1v) is 9.69. The lowest BCUT2D eigenvalue weighted by Gasteiger charge is -2.14. The summed E-state index contributed by atoms with van der Waals surface area (Å²) in [5.74, 6) is -0.117. The van der Waals surface area contributed by atoms with Crippen molar-refractivity contribution in [3.63, 3.8) is 0 Å². The van der Waals surface area contributed by atoms with Crippen molar-refractivity contribution in [1.82, 2.24) is 15.3 Å². The lowest BCUT2D eigenvalue weighted by atomic mass is 10.2. The second-order valence-electron chi connectivity index (χ2n) is 5.90. The monoisotopic (exact) mass is 391 g/mol. The van der Waals surface area contributed by atoms with Gasteiger partial charge in [0.25, 0.3) is 5.56 Å². The molecule has 0 spiro atoms. The normalized spacial score (nSPS) is 13.4. The van der Waals surface area contributed by atoms with Crippen molar-refractivity contribution in [2.24, 2.45) is 0 Å². The van der Waals surface area contributed by atoms with Crippen LogP contribution in [0.2, 0.25) is 0 Å². The number of benzene rings is 1. The maximum absolute atomic E-state index is 12.2. The van der Waals surface area contributed by atoms with Crippen LogP contribution in [0.15, 0.2) is 46.0 Å². The van der Waals surface area contributed by atoms with Crippen LogP contribution in [0.5, 0.6) is 0 Å². The van der Waals surface area contributed by atoms with Crippen molar-refractivity contribution in [2.45, 2.75) is 18.7 Å². The second kappa shape index (κ2) is 9.79. The number of rotatable bonds is 8. The summed E-state index contributed by atoms with van der Waals surface area (Å²) in [6.45, 7) is 1.18. The summed E-state index contributed by atoms with van der Waals surface area (Å²) in [5, 5.41) is 12.0. The molecule has 0 aliphatic rings. The number of carbonyl (C=O) groups is 1. The summed E-state index contributed by atoms with van der Waals surface area (Å²) in [4.78, 5) is 39.4. The van der Waals surface area contributed by atoms with E-state index in [0.717, 1.165) is 11.6 Å². The fraction of sp³-hybridized carbons (Fsp3) is 0.278. The molecule has 0 saturated carbocycles. The third kappa shape index (κ3) is 6.46. The highest BCUT2D eigenvalue weighted by Crippen LogP contribution is 2.04. The molecule has 2 rings (SSSR count). The van der Waals surface area contributed by atoms with Gasteiger partial charge in [0.2, 0.25) is 5.91 Å². The predicted molar refractivity (Wildman–Crippen MR) is 104 cm³/mol. The van der Waals surface area contributed by atoms with Crippen molar-refractivity contribution in [3.8, 4) is 0 Å². The lowest BCUT2D eigenvalue weighted by Crippen LogP contribution is -2.40. The largest absolute Gasteiger partial charge is 0.394 e. The number of nitrogens with one attached hydrogen (secondary N) is 3. The van der Waals surface area contributed by atoms with Crippen LogP contribution in [-0.2, 0) is 21.3 Å². The average Bonchev–Trinajstić information content (AvgIpc) is 2.61. The van der Waals surface area contributed by atoms with Gasteiger partial charge in [0.1, 0.15) is 0 Å². The topological polar surface area (TPSA) is 132 Å². The number of carbonyl (C=O) groups excluding carboxylic acids is 1. The summed E-state index contributed by atoms with van der Waals surface area (Å²) < 4.78 is 12.2. The molecule has 144 valence electrons. The fourth-order valence-electron chi connectivity index (χ4n) is 2.40. The number of H-pyrrole nitrogens is 2. The Morgan fingerprint density at radius 1 is 1.26 bits per heavy atom. The highest BCUT2D eigenvalue weighted by atomic mass is 32.2. The molecule has 0 unspecified atom stereocenters. The van der Waals surface area contributed by atoms with Crippen LogP contribution in [0.1, 0.15) is 16.8 Å². The van der Waals surface area contributed by atoms with Crippen LogP contribution in [0.25, 0.3) is 6.08 Å². The van der Waals surface area contributed by atoms with E-state index in [9.17, 15) is 23.7 Å². The van der Waals surface area contributed by atoms with E-state index >= 15 is 0 Å². The number of amides is 1. The average molecular weight is 391 g/mol. The Morgan fingerprint density at radius 2 is 1.96 bits per heavy atom. The fourth-order valence-corrected chi connectivity index (χ4v) is 3.72. The molecule has 0 fully saturated rings. The standard InChI is InChI=1S/C18H21N3O5S/c1-12-15(17(24)21-18(25)19-12)7-8-16(23)20-14(9-22)11-27(26)10-13-5-3-2-4-6-13/h2-8,14,22H,9-11H2,1H3,(H,20,23)(H2,19,21,24,25)/b8-7+/t14-,27+/m1/s1. The SMILES string of the molecule is Cc1[nH]c(=O)[nH]c(=O)c1/C=C/C(=O)N[C@H](CO)C[S@@](=O)Cc1ccccc1. The zero-order chi connectivity index (χ0) is 19.8. The van der Waals surface area contributed by atoms with Crippen LogP contribution in [0, 0.1) is 6.92 Å². The van der Waals surface area contributed by atoms with Crippen molar-refractivity contribution >= 4 is 22.8 Å². The molecule has 0 bridgehead atoms. The molecule has 0 aliphatic carbocycles. The van der Waals surface area contributed by atoms with E-state index in [1.165, 1.54) is 13.0 Å². The van der Waals surface area contributed by atoms with Crippen molar-refractivity contribution in [1.29, 1.82) is 0 Å². The third-order valence-corrected chi connectivity index (χ3v) is 5.13. The lowest BCUT2D eigenvalue weighted by molar-refractivity contribution is -0.117. The molecule has 8 nitrogen and oxygen atoms in total. The number of aromatic nitrogens is 2. The molecule has 4 N–H and O–H groups in total. The Morgan fingerprint density at radius 3 is 2.59 bits per heavy atom. The number of aromatic amines is 2. The number of hydrogen-bond acceptors (Lipinski definition) is 5. The molecule has 1 aromatic heterocycles. The van der Waals surface area contributed by atoms with Crippen LogP contribution < -0.4 is 16.6 Å². The molecule has 1 heterocycles. The number of hydrogen-bond donors (Lipinski definition) is 4. The quantitative estimate of drug-likeness (QED) is 0.463. The summed E-state index contributed by atoms with van der Waals surface area (Å²) in [6.07, 6.45) is 2.40. The van der Waals surface area contributed by atoms with E-state index in [1.54, 1.807) is 0 Å². The molecule has 1 aromatic carbocycles. The van der Waals surface area contributed by atoms with E-state index in [2.05, 4.69) is 15.3 Å². The second-order valence-corrected chi connectivity index (χ2v) is 7.41. The van der Waals surface area contributed by atoms with Gasteiger partial charge in [-0.1, -0.05) is 30.3 Å². The van der Waals surface area contributed by atoms with Gasteiger partial charge in [0.15, 0.2) is 0 Å². The number of aryl methyl sites for hydroxylation is 1. The summed E-state index contributed by atoms with van der Waals surface area (Å²) >= 11 is 0. The number of aliphatic hydroxyl groups is 1. The first-order chi connectivity index (χ1) is 12.9. The molecule has 27 heavy (non-hydrogen) atoms. The van der Waals surface area contributed by atoms with Gasteiger partial charge >= 0.3 is 5.69 Å². The molecule has 1 amide bonds. The Bertz CT molecular complexity index is 949. The first-order valence-electron chi connectivity index (χ1n) is 8.20. The summed E-state index contributed by atoms with van der Waals surface area (Å²) in [6, 6.07) is 8.60. The zero-order valence-electron chi connectivity index (χ0n) is 14.7. The molecule has 2 aromatic rings. The van der Waals surface area contributed by atoms with Crippen LogP contribution in [-0.4, -0.2) is 43.6 Å². The molecule has 0 radical (unpaired) electrons. The zero-order valence-corrected chi connectivity index (χ0v) is 15.5. The molecule has 0 saturated heterocycles. The van der Waals surface area contributed by atoms with E-state index in [-0.39, 0.29) is 17.9 Å². The van der Waals surface area contributed by atoms with Gasteiger partial charge in [-0.25, -0.2) is 4.79 Å². The van der Waals surface area contributed by atoms with Gasteiger partial charge in [-0.15, -0.1) is 0 Å². The van der Waals surface area contributed by atoms with Gasteiger partial charge in [0.05, 0.1) is 18.2 Å². The van der Waals surface area contributed by atoms with Gasteiger partial charge in [-0.2, -0.15) is 0 Å². The van der Waals surface area contributed by atoms with Crippen LogP contribution in [0.3, 0.4) is 0 Å².